The summed E-state index contributed by atoms with van der Waals surface area (Å²) >= 11 is 6.04. The SMILES string of the molecule is CC(NC(=O)c1ccc(/C=C/C(=O)O)c(Cl)c1)C1CC1. The maximum absolute atomic E-state index is 12.0. The summed E-state index contributed by atoms with van der Waals surface area (Å²) in [5.74, 6) is -0.603. The van der Waals surface area contributed by atoms with Gasteiger partial charge in [-0.2, -0.15) is 0 Å². The van der Waals surface area contributed by atoms with Crippen LogP contribution in [-0.2, 0) is 4.79 Å². The lowest BCUT2D eigenvalue weighted by atomic mass is 10.1. The van der Waals surface area contributed by atoms with E-state index in [4.69, 9.17) is 16.7 Å². The van der Waals surface area contributed by atoms with E-state index in [1.807, 2.05) is 6.92 Å². The molecule has 20 heavy (non-hydrogen) atoms. The van der Waals surface area contributed by atoms with Crippen molar-refractivity contribution in [2.24, 2.45) is 5.92 Å². The van der Waals surface area contributed by atoms with Crippen LogP contribution in [0.25, 0.3) is 6.08 Å². The summed E-state index contributed by atoms with van der Waals surface area (Å²) in [6.45, 7) is 2.00. The van der Waals surface area contributed by atoms with Crippen LogP contribution in [-0.4, -0.2) is 23.0 Å². The second kappa shape index (κ2) is 6.09. The molecule has 1 atom stereocenters. The minimum atomic E-state index is -1.04. The quantitative estimate of drug-likeness (QED) is 0.820. The van der Waals surface area contributed by atoms with Crippen LogP contribution in [0.15, 0.2) is 24.3 Å². The Kier molecular flexibility index (Phi) is 4.45. The first kappa shape index (κ1) is 14.6. The third-order valence-corrected chi connectivity index (χ3v) is 3.68. The molecule has 0 saturated heterocycles. The summed E-state index contributed by atoms with van der Waals surface area (Å²) in [5.41, 5.74) is 1.05. The molecule has 106 valence electrons. The molecule has 1 aliphatic carbocycles. The summed E-state index contributed by atoms with van der Waals surface area (Å²) in [6, 6.07) is 5.01. The third-order valence-electron chi connectivity index (χ3n) is 3.36. The van der Waals surface area contributed by atoms with Gasteiger partial charge in [0.25, 0.3) is 5.91 Å². The predicted octanol–water partition coefficient (Wildman–Crippen LogP) is 2.97. The number of amides is 1. The van der Waals surface area contributed by atoms with Gasteiger partial charge in [-0.05, 0) is 49.5 Å². The first-order valence-corrected chi connectivity index (χ1v) is 6.86. The molecule has 1 saturated carbocycles. The normalized spacial score (nSPS) is 16.1. The van der Waals surface area contributed by atoms with Crippen molar-refractivity contribution in [3.05, 3.63) is 40.4 Å². The highest BCUT2D eigenvalue weighted by Crippen LogP contribution is 2.32. The number of nitrogens with one attached hydrogen (secondary N) is 1. The Labute approximate surface area is 122 Å². The average Bonchev–Trinajstić information content (AvgIpc) is 3.21. The van der Waals surface area contributed by atoms with Gasteiger partial charge in [-0.15, -0.1) is 0 Å². The number of hydrogen-bond acceptors (Lipinski definition) is 2. The molecule has 2 rings (SSSR count). The van der Waals surface area contributed by atoms with Crippen molar-refractivity contribution in [1.29, 1.82) is 0 Å². The summed E-state index contributed by atoms with van der Waals surface area (Å²) in [4.78, 5) is 22.5. The Morgan fingerprint density at radius 1 is 1.45 bits per heavy atom. The zero-order chi connectivity index (χ0) is 14.7. The number of carboxylic acids is 1. The molecule has 0 radical (unpaired) electrons. The van der Waals surface area contributed by atoms with E-state index >= 15 is 0 Å². The third kappa shape index (κ3) is 3.84. The molecule has 1 amide bonds. The number of halogens is 1. The maximum Gasteiger partial charge on any atom is 0.328 e. The number of aliphatic carboxylic acids is 1. The fraction of sp³-hybridized carbons (Fsp3) is 0.333. The monoisotopic (exact) mass is 293 g/mol. The van der Waals surface area contributed by atoms with Gasteiger partial charge in [-0.3, -0.25) is 4.79 Å². The Bertz CT molecular complexity index is 564. The van der Waals surface area contributed by atoms with Crippen molar-refractivity contribution in [1.82, 2.24) is 5.32 Å². The van der Waals surface area contributed by atoms with Gasteiger partial charge < -0.3 is 10.4 Å². The van der Waals surface area contributed by atoms with Gasteiger partial charge in [-0.1, -0.05) is 17.7 Å². The Morgan fingerprint density at radius 2 is 2.15 bits per heavy atom. The molecule has 0 aromatic heterocycles. The second-order valence-corrected chi connectivity index (χ2v) is 5.41. The number of hydrogen-bond donors (Lipinski definition) is 2. The first-order valence-electron chi connectivity index (χ1n) is 6.49. The zero-order valence-electron chi connectivity index (χ0n) is 11.1. The number of rotatable bonds is 5. The van der Waals surface area contributed by atoms with Crippen LogP contribution in [0, 0.1) is 5.92 Å². The first-order chi connectivity index (χ1) is 9.47. The number of carboxylic acid groups (broad SMARTS) is 1. The van der Waals surface area contributed by atoms with Crippen LogP contribution in [0.1, 0.15) is 35.7 Å². The highest BCUT2D eigenvalue weighted by Gasteiger charge is 2.29. The van der Waals surface area contributed by atoms with Crippen LogP contribution >= 0.6 is 11.6 Å². The van der Waals surface area contributed by atoms with Crippen LogP contribution in [0.2, 0.25) is 5.02 Å². The topological polar surface area (TPSA) is 66.4 Å². The van der Waals surface area contributed by atoms with Gasteiger partial charge in [0.15, 0.2) is 0 Å². The summed E-state index contributed by atoms with van der Waals surface area (Å²) < 4.78 is 0. The lowest BCUT2D eigenvalue weighted by Gasteiger charge is -2.13. The molecule has 1 aromatic rings. The van der Waals surface area contributed by atoms with Crippen LogP contribution in [0.5, 0.6) is 0 Å². The molecule has 0 aliphatic heterocycles. The van der Waals surface area contributed by atoms with E-state index in [2.05, 4.69) is 5.32 Å². The second-order valence-electron chi connectivity index (χ2n) is 5.01. The molecular formula is C15H16ClNO3. The maximum atomic E-state index is 12.0. The van der Waals surface area contributed by atoms with E-state index in [9.17, 15) is 9.59 Å². The minimum Gasteiger partial charge on any atom is -0.478 e. The molecule has 0 heterocycles. The predicted molar refractivity (Wildman–Crippen MR) is 77.8 cm³/mol. The highest BCUT2D eigenvalue weighted by atomic mass is 35.5. The van der Waals surface area contributed by atoms with Crippen molar-refractivity contribution in [3.63, 3.8) is 0 Å². The van der Waals surface area contributed by atoms with Crippen LogP contribution in [0.3, 0.4) is 0 Å². The number of carbonyl (C=O) groups excluding carboxylic acids is 1. The van der Waals surface area contributed by atoms with Gasteiger partial charge in [0.05, 0.1) is 0 Å². The van der Waals surface area contributed by atoms with Crippen molar-refractivity contribution in [2.45, 2.75) is 25.8 Å². The van der Waals surface area contributed by atoms with E-state index in [1.165, 1.54) is 18.9 Å². The molecule has 2 N–H and O–H groups in total. The molecule has 4 nitrogen and oxygen atoms in total. The van der Waals surface area contributed by atoms with Crippen LogP contribution < -0.4 is 5.32 Å². The summed E-state index contributed by atoms with van der Waals surface area (Å²) in [5, 5.41) is 11.9. The highest BCUT2D eigenvalue weighted by molar-refractivity contribution is 6.32. The zero-order valence-corrected chi connectivity index (χ0v) is 11.9. The molecule has 1 aromatic carbocycles. The molecule has 1 aliphatic rings. The van der Waals surface area contributed by atoms with E-state index in [-0.39, 0.29) is 11.9 Å². The molecule has 0 spiro atoms. The summed E-state index contributed by atoms with van der Waals surface area (Å²) in [7, 11) is 0. The van der Waals surface area contributed by atoms with E-state index in [0.717, 1.165) is 6.08 Å². The summed E-state index contributed by atoms with van der Waals surface area (Å²) in [6.07, 6.45) is 4.75. The Balaban J connectivity index is 2.07. The van der Waals surface area contributed by atoms with E-state index < -0.39 is 5.97 Å². The fourth-order valence-corrected chi connectivity index (χ4v) is 2.21. The lowest BCUT2D eigenvalue weighted by Crippen LogP contribution is -2.33. The molecule has 5 heteroatoms. The average molecular weight is 294 g/mol. The Hall–Kier alpha value is -1.81. The minimum absolute atomic E-state index is 0.153. The number of benzene rings is 1. The molecule has 1 unspecified atom stereocenters. The number of carbonyl (C=O) groups is 2. The largest absolute Gasteiger partial charge is 0.478 e. The van der Waals surface area contributed by atoms with Crippen LogP contribution in [0.4, 0.5) is 0 Å². The van der Waals surface area contributed by atoms with Gasteiger partial charge in [0.2, 0.25) is 0 Å². The van der Waals surface area contributed by atoms with Crippen molar-refractivity contribution < 1.29 is 14.7 Å². The molecular weight excluding hydrogens is 278 g/mol. The fourth-order valence-electron chi connectivity index (χ4n) is 1.97. The van der Waals surface area contributed by atoms with Gasteiger partial charge in [-0.25, -0.2) is 4.79 Å². The lowest BCUT2D eigenvalue weighted by molar-refractivity contribution is -0.131. The van der Waals surface area contributed by atoms with Crippen molar-refractivity contribution in [3.8, 4) is 0 Å². The standard InChI is InChI=1S/C15H16ClNO3/c1-9(10-2-3-10)17-15(20)12-5-4-11(13(16)8-12)6-7-14(18)19/h4-10H,2-3H2,1H3,(H,17,20)(H,18,19)/b7-6+. The van der Waals surface area contributed by atoms with E-state index in [1.54, 1.807) is 18.2 Å². The smallest absolute Gasteiger partial charge is 0.328 e. The Morgan fingerprint density at radius 3 is 2.70 bits per heavy atom. The van der Waals surface area contributed by atoms with Gasteiger partial charge >= 0.3 is 5.97 Å². The van der Waals surface area contributed by atoms with E-state index in [0.29, 0.717) is 22.1 Å². The van der Waals surface area contributed by atoms with Gasteiger partial charge in [0, 0.05) is 22.7 Å². The molecule has 0 bridgehead atoms. The van der Waals surface area contributed by atoms with Gasteiger partial charge in [0.1, 0.15) is 0 Å². The molecule has 1 fully saturated rings. The van der Waals surface area contributed by atoms with Crippen molar-refractivity contribution >= 4 is 29.6 Å². The van der Waals surface area contributed by atoms with Crippen molar-refractivity contribution in [2.75, 3.05) is 0 Å².